The Balaban J connectivity index is 2.21. The first-order valence-electron chi connectivity index (χ1n) is 6.99. The van der Waals surface area contributed by atoms with Crippen molar-refractivity contribution in [3.8, 4) is 5.75 Å². The zero-order valence-corrected chi connectivity index (χ0v) is 12.6. The van der Waals surface area contributed by atoms with E-state index in [1.807, 2.05) is 13.8 Å². The number of hydrogen-bond donors (Lipinski definition) is 4. The molecule has 116 valence electrons. The fourth-order valence-electron chi connectivity index (χ4n) is 1.85. The molecule has 0 fully saturated rings. The largest absolute Gasteiger partial charge is 0.508 e. The van der Waals surface area contributed by atoms with E-state index in [4.69, 9.17) is 11.5 Å². The highest BCUT2D eigenvalue weighted by molar-refractivity contribution is 5.92. The number of anilines is 1. The maximum atomic E-state index is 9.54. The first-order valence-corrected chi connectivity index (χ1v) is 6.99. The van der Waals surface area contributed by atoms with Crippen molar-refractivity contribution in [3.63, 3.8) is 0 Å². The Bertz CT molecular complexity index is 725. The van der Waals surface area contributed by atoms with Gasteiger partial charge in [-0.25, -0.2) is 15.0 Å². The number of benzene rings is 1. The summed E-state index contributed by atoms with van der Waals surface area (Å²) in [5.74, 6) is 0.637. The van der Waals surface area contributed by atoms with Crippen molar-refractivity contribution < 1.29 is 5.11 Å². The van der Waals surface area contributed by atoms with E-state index >= 15 is 0 Å². The van der Waals surface area contributed by atoms with Gasteiger partial charge in [-0.2, -0.15) is 0 Å². The average Bonchev–Trinajstić information content (AvgIpc) is 2.46. The van der Waals surface area contributed by atoms with Crippen LogP contribution in [0.2, 0.25) is 0 Å². The minimum atomic E-state index is -0.0429. The topological polar surface area (TPSA) is 122 Å². The maximum absolute atomic E-state index is 9.54. The van der Waals surface area contributed by atoms with Crippen molar-refractivity contribution in [1.29, 1.82) is 0 Å². The van der Waals surface area contributed by atoms with Crippen molar-refractivity contribution in [2.45, 2.75) is 26.3 Å². The molecule has 0 radical (unpaired) electrons. The molecule has 1 heterocycles. The number of guanidine groups is 1. The number of aromatic hydroxyl groups is 1. The minimum absolute atomic E-state index is 0.0429. The summed E-state index contributed by atoms with van der Waals surface area (Å²) in [4.78, 5) is 12.6. The number of aromatic nitrogens is 2. The second-order valence-corrected chi connectivity index (χ2v) is 4.89. The lowest BCUT2D eigenvalue weighted by atomic mass is 10.2. The molecular formula is C15H20N6O. The van der Waals surface area contributed by atoms with E-state index < -0.39 is 0 Å². The Morgan fingerprint density at radius 2 is 2.23 bits per heavy atom. The number of nitrogens with two attached hydrogens (primary N) is 2. The van der Waals surface area contributed by atoms with E-state index in [0.29, 0.717) is 11.5 Å². The van der Waals surface area contributed by atoms with E-state index in [1.165, 1.54) is 0 Å². The second kappa shape index (κ2) is 6.86. The average molecular weight is 300 g/mol. The summed E-state index contributed by atoms with van der Waals surface area (Å²) in [5.41, 5.74) is 12.9. The highest BCUT2D eigenvalue weighted by Crippen LogP contribution is 2.21. The van der Waals surface area contributed by atoms with Crippen LogP contribution in [0.3, 0.4) is 0 Å². The molecule has 22 heavy (non-hydrogen) atoms. The molecule has 6 N–H and O–H groups in total. The summed E-state index contributed by atoms with van der Waals surface area (Å²) >= 11 is 0. The van der Waals surface area contributed by atoms with Crippen LogP contribution < -0.4 is 16.8 Å². The highest BCUT2D eigenvalue weighted by atomic mass is 16.3. The predicted octanol–water partition coefficient (Wildman–Crippen LogP) is 1.62. The normalized spacial score (nSPS) is 13.7. The van der Waals surface area contributed by atoms with Gasteiger partial charge in [0.2, 0.25) is 5.95 Å². The van der Waals surface area contributed by atoms with Crippen LogP contribution in [-0.2, 0) is 0 Å². The van der Waals surface area contributed by atoms with Gasteiger partial charge in [0, 0.05) is 23.7 Å². The van der Waals surface area contributed by atoms with Crippen LogP contribution in [-0.4, -0.2) is 27.1 Å². The zero-order chi connectivity index (χ0) is 16.1. The van der Waals surface area contributed by atoms with Crippen LogP contribution in [0.15, 0.2) is 35.5 Å². The van der Waals surface area contributed by atoms with Crippen LogP contribution in [0, 0.1) is 6.92 Å². The van der Waals surface area contributed by atoms with Gasteiger partial charge < -0.3 is 16.6 Å². The highest BCUT2D eigenvalue weighted by Gasteiger charge is 2.06. The monoisotopic (exact) mass is 300 g/mol. The molecule has 1 aromatic heterocycles. The molecular weight excluding hydrogens is 280 g/mol. The molecule has 1 aromatic carbocycles. The molecule has 1 unspecified atom stereocenters. The number of phenolic OH excluding ortho intramolecular Hbond substituents is 1. The lowest BCUT2D eigenvalue weighted by Crippen LogP contribution is -2.23. The standard InChI is InChI=1S/C15H20N6O/c1-3-10(16)6-7-18-14(17)21-15-19-9(2)12-5-4-11(22)8-13(12)20-15/h4-8,10,22H,3,16H2,1-2H3,(H3,17,18,19,20,21)/b7-6-. The molecule has 2 aromatic rings. The van der Waals surface area contributed by atoms with Crippen molar-refractivity contribution in [2.24, 2.45) is 16.5 Å². The van der Waals surface area contributed by atoms with Crippen molar-refractivity contribution in [2.75, 3.05) is 5.32 Å². The number of fused-ring (bicyclic) bond motifs is 1. The van der Waals surface area contributed by atoms with Gasteiger partial charge in [0.05, 0.1) is 11.2 Å². The summed E-state index contributed by atoms with van der Waals surface area (Å²) in [7, 11) is 0. The molecule has 2 rings (SSSR count). The molecule has 0 aliphatic carbocycles. The molecule has 0 aliphatic heterocycles. The van der Waals surface area contributed by atoms with Gasteiger partial charge in [-0.1, -0.05) is 6.92 Å². The molecule has 0 spiro atoms. The number of aryl methyl sites for hydroxylation is 1. The number of nitrogens with one attached hydrogen (secondary N) is 1. The number of rotatable bonds is 4. The Hall–Kier alpha value is -2.67. The van der Waals surface area contributed by atoms with Crippen molar-refractivity contribution >= 4 is 22.8 Å². The van der Waals surface area contributed by atoms with Gasteiger partial charge in [-0.3, -0.25) is 5.32 Å². The quantitative estimate of drug-likeness (QED) is 0.502. The van der Waals surface area contributed by atoms with Gasteiger partial charge in [-0.05, 0) is 31.6 Å². The predicted molar refractivity (Wildman–Crippen MR) is 88.6 cm³/mol. The van der Waals surface area contributed by atoms with Crippen molar-refractivity contribution in [3.05, 3.63) is 36.2 Å². The summed E-state index contributed by atoms with van der Waals surface area (Å²) in [6.07, 6.45) is 4.14. The van der Waals surface area contributed by atoms with Crippen LogP contribution in [0.25, 0.3) is 10.9 Å². The third-order valence-corrected chi connectivity index (χ3v) is 3.13. The summed E-state index contributed by atoms with van der Waals surface area (Å²) in [6, 6.07) is 4.90. The van der Waals surface area contributed by atoms with Crippen LogP contribution in [0.5, 0.6) is 5.75 Å². The molecule has 0 amide bonds. The van der Waals surface area contributed by atoms with Crippen LogP contribution in [0.1, 0.15) is 19.0 Å². The number of aliphatic imine (C=N–C) groups is 1. The van der Waals surface area contributed by atoms with E-state index in [0.717, 1.165) is 17.5 Å². The smallest absolute Gasteiger partial charge is 0.230 e. The van der Waals surface area contributed by atoms with Crippen LogP contribution >= 0.6 is 0 Å². The van der Waals surface area contributed by atoms with E-state index in [1.54, 1.807) is 30.5 Å². The number of phenols is 1. The fourth-order valence-corrected chi connectivity index (χ4v) is 1.85. The lowest BCUT2D eigenvalue weighted by molar-refractivity contribution is 0.476. The molecule has 0 saturated heterocycles. The summed E-state index contributed by atoms with van der Waals surface area (Å²) in [6.45, 7) is 3.85. The number of nitrogens with zero attached hydrogens (tertiary/aromatic N) is 3. The van der Waals surface area contributed by atoms with Crippen molar-refractivity contribution in [1.82, 2.24) is 9.97 Å². The molecule has 0 saturated carbocycles. The summed E-state index contributed by atoms with van der Waals surface area (Å²) < 4.78 is 0. The Kier molecular flexibility index (Phi) is 4.90. The van der Waals surface area contributed by atoms with Gasteiger partial charge >= 0.3 is 0 Å². The van der Waals surface area contributed by atoms with Gasteiger partial charge in [0.1, 0.15) is 5.75 Å². The Morgan fingerprint density at radius 1 is 1.45 bits per heavy atom. The fraction of sp³-hybridized carbons (Fsp3) is 0.267. The SMILES string of the molecule is CCC(N)/C=C\N=C(N)Nc1nc(C)c2ccc(O)cc2n1. The third kappa shape index (κ3) is 3.92. The molecule has 7 nitrogen and oxygen atoms in total. The maximum Gasteiger partial charge on any atom is 0.230 e. The minimum Gasteiger partial charge on any atom is -0.508 e. The second-order valence-electron chi connectivity index (χ2n) is 4.89. The zero-order valence-electron chi connectivity index (χ0n) is 12.6. The molecule has 7 heteroatoms. The van der Waals surface area contributed by atoms with E-state index in [2.05, 4.69) is 20.3 Å². The van der Waals surface area contributed by atoms with E-state index in [9.17, 15) is 5.11 Å². The summed E-state index contributed by atoms with van der Waals surface area (Å²) in [5, 5.41) is 13.2. The third-order valence-electron chi connectivity index (χ3n) is 3.13. The molecule has 0 aliphatic rings. The van der Waals surface area contributed by atoms with Crippen LogP contribution in [0.4, 0.5) is 5.95 Å². The Morgan fingerprint density at radius 3 is 2.95 bits per heavy atom. The first kappa shape index (κ1) is 15.7. The van der Waals surface area contributed by atoms with E-state index in [-0.39, 0.29) is 17.8 Å². The Labute approximate surface area is 128 Å². The van der Waals surface area contributed by atoms with Gasteiger partial charge in [0.15, 0.2) is 5.96 Å². The molecule has 0 bridgehead atoms. The molecule has 1 atom stereocenters. The lowest BCUT2D eigenvalue weighted by Gasteiger charge is -2.07. The van der Waals surface area contributed by atoms with Gasteiger partial charge in [0.25, 0.3) is 0 Å². The number of hydrogen-bond acceptors (Lipinski definition) is 5. The van der Waals surface area contributed by atoms with Gasteiger partial charge in [-0.15, -0.1) is 0 Å². The first-order chi connectivity index (χ1) is 10.5.